The van der Waals surface area contributed by atoms with Crippen molar-refractivity contribution in [2.75, 3.05) is 0 Å². The Hall–Kier alpha value is -3.18. The summed E-state index contributed by atoms with van der Waals surface area (Å²) in [7, 11) is 0. The van der Waals surface area contributed by atoms with Crippen molar-refractivity contribution in [2.45, 2.75) is 13.1 Å². The number of para-hydroxylation sites is 2. The highest BCUT2D eigenvalue weighted by Gasteiger charge is 2.14. The second-order valence-corrected chi connectivity index (χ2v) is 6.82. The molecule has 0 aliphatic carbocycles. The fourth-order valence-corrected chi connectivity index (χ4v) is 3.32. The molecule has 0 aliphatic rings. The van der Waals surface area contributed by atoms with Gasteiger partial charge in [0.25, 0.3) is 5.91 Å². The van der Waals surface area contributed by atoms with Crippen molar-refractivity contribution < 1.29 is 9.18 Å². The maximum atomic E-state index is 14.2. The van der Waals surface area contributed by atoms with Gasteiger partial charge in [-0.05, 0) is 36.4 Å². The number of carbonyl (C=O) groups excluding carboxylic acids is 1. The summed E-state index contributed by atoms with van der Waals surface area (Å²) in [5, 5.41) is 3.37. The van der Waals surface area contributed by atoms with Crippen molar-refractivity contribution in [1.82, 2.24) is 14.9 Å². The SMILES string of the molecule is O=C(NCc1nc2ccccc2n1Cc1ccccc1F)c1cccc(Cl)c1. The van der Waals surface area contributed by atoms with Crippen LogP contribution in [0.5, 0.6) is 0 Å². The number of nitrogens with zero attached hydrogens (tertiary/aromatic N) is 2. The number of rotatable bonds is 5. The van der Waals surface area contributed by atoms with Gasteiger partial charge < -0.3 is 9.88 Å². The van der Waals surface area contributed by atoms with Gasteiger partial charge in [0.15, 0.2) is 0 Å². The number of benzene rings is 3. The van der Waals surface area contributed by atoms with Crippen LogP contribution in [-0.4, -0.2) is 15.5 Å². The van der Waals surface area contributed by atoms with E-state index in [1.807, 2.05) is 28.8 Å². The molecule has 4 nitrogen and oxygen atoms in total. The molecule has 0 saturated carbocycles. The first-order chi connectivity index (χ1) is 13.6. The highest BCUT2D eigenvalue weighted by Crippen LogP contribution is 2.19. The highest BCUT2D eigenvalue weighted by atomic mass is 35.5. The maximum absolute atomic E-state index is 14.2. The van der Waals surface area contributed by atoms with Crippen LogP contribution < -0.4 is 5.32 Å². The Bertz CT molecular complexity index is 1160. The molecule has 28 heavy (non-hydrogen) atoms. The summed E-state index contributed by atoms with van der Waals surface area (Å²) in [6.45, 7) is 0.546. The second kappa shape index (κ2) is 7.82. The lowest BCUT2D eigenvalue weighted by Gasteiger charge is -2.11. The zero-order valence-corrected chi connectivity index (χ0v) is 15.7. The molecule has 0 radical (unpaired) electrons. The first kappa shape index (κ1) is 18.2. The number of carbonyl (C=O) groups is 1. The molecule has 0 bridgehead atoms. The van der Waals surface area contributed by atoms with Crippen molar-refractivity contribution in [3.63, 3.8) is 0 Å². The van der Waals surface area contributed by atoms with E-state index >= 15 is 0 Å². The summed E-state index contributed by atoms with van der Waals surface area (Å²) < 4.78 is 16.1. The lowest BCUT2D eigenvalue weighted by atomic mass is 10.2. The van der Waals surface area contributed by atoms with Gasteiger partial charge in [0, 0.05) is 16.1 Å². The molecular formula is C22H17ClFN3O. The molecular weight excluding hydrogens is 377 g/mol. The van der Waals surface area contributed by atoms with Crippen molar-refractivity contribution in [3.8, 4) is 0 Å². The summed E-state index contributed by atoms with van der Waals surface area (Å²) in [6.07, 6.45) is 0. The number of imidazole rings is 1. The quantitative estimate of drug-likeness (QED) is 0.529. The first-order valence-corrected chi connectivity index (χ1v) is 9.21. The van der Waals surface area contributed by atoms with Crippen LogP contribution in [0.3, 0.4) is 0 Å². The van der Waals surface area contributed by atoms with Gasteiger partial charge >= 0.3 is 0 Å². The fraction of sp³-hybridized carbons (Fsp3) is 0.0909. The molecule has 0 spiro atoms. The van der Waals surface area contributed by atoms with Crippen LogP contribution in [0.25, 0.3) is 11.0 Å². The number of fused-ring (bicyclic) bond motifs is 1. The maximum Gasteiger partial charge on any atom is 0.251 e. The molecule has 0 saturated heterocycles. The van der Waals surface area contributed by atoms with Gasteiger partial charge in [0.05, 0.1) is 24.1 Å². The van der Waals surface area contributed by atoms with Crippen LogP contribution in [0.15, 0.2) is 72.8 Å². The normalized spacial score (nSPS) is 10.9. The average Bonchev–Trinajstić information content (AvgIpc) is 3.05. The zero-order chi connectivity index (χ0) is 19.5. The lowest BCUT2D eigenvalue weighted by Crippen LogP contribution is -2.25. The Morgan fingerprint density at radius 3 is 2.64 bits per heavy atom. The second-order valence-electron chi connectivity index (χ2n) is 6.39. The molecule has 4 aromatic rings. The largest absolute Gasteiger partial charge is 0.345 e. The van der Waals surface area contributed by atoms with E-state index < -0.39 is 0 Å². The molecule has 140 valence electrons. The van der Waals surface area contributed by atoms with Gasteiger partial charge in [-0.2, -0.15) is 0 Å². The van der Waals surface area contributed by atoms with E-state index in [1.165, 1.54) is 6.07 Å². The van der Waals surface area contributed by atoms with Crippen molar-refractivity contribution in [1.29, 1.82) is 0 Å². The summed E-state index contributed by atoms with van der Waals surface area (Å²) >= 11 is 5.96. The van der Waals surface area contributed by atoms with Gasteiger partial charge in [0.2, 0.25) is 0 Å². The van der Waals surface area contributed by atoms with E-state index in [0.29, 0.717) is 28.5 Å². The number of nitrogens with one attached hydrogen (secondary N) is 1. The van der Waals surface area contributed by atoms with Crippen molar-refractivity contribution >= 4 is 28.5 Å². The predicted octanol–water partition coefficient (Wildman–Crippen LogP) is 4.81. The van der Waals surface area contributed by atoms with Gasteiger partial charge in [-0.3, -0.25) is 4.79 Å². The molecule has 1 N–H and O–H groups in total. The zero-order valence-electron chi connectivity index (χ0n) is 14.9. The third-order valence-corrected chi connectivity index (χ3v) is 4.75. The molecule has 0 aliphatic heterocycles. The number of hydrogen-bond acceptors (Lipinski definition) is 2. The minimum atomic E-state index is -0.269. The van der Waals surface area contributed by atoms with Crippen LogP contribution in [0.2, 0.25) is 5.02 Å². The van der Waals surface area contributed by atoms with E-state index in [2.05, 4.69) is 10.3 Å². The lowest BCUT2D eigenvalue weighted by molar-refractivity contribution is 0.0949. The van der Waals surface area contributed by atoms with E-state index in [4.69, 9.17) is 11.6 Å². The molecule has 1 heterocycles. The minimum Gasteiger partial charge on any atom is -0.345 e. The Kier molecular flexibility index (Phi) is 5.08. The number of aromatic nitrogens is 2. The average molecular weight is 394 g/mol. The van der Waals surface area contributed by atoms with Crippen LogP contribution in [-0.2, 0) is 13.1 Å². The smallest absolute Gasteiger partial charge is 0.251 e. The molecule has 6 heteroatoms. The van der Waals surface area contributed by atoms with Gasteiger partial charge in [-0.1, -0.05) is 48.0 Å². The summed E-state index contributed by atoms with van der Waals surface area (Å²) in [5.74, 6) is 0.140. The topological polar surface area (TPSA) is 46.9 Å². The highest BCUT2D eigenvalue weighted by molar-refractivity contribution is 6.30. The fourth-order valence-electron chi connectivity index (χ4n) is 3.12. The first-order valence-electron chi connectivity index (χ1n) is 8.83. The Labute approximate surface area is 166 Å². The summed E-state index contributed by atoms with van der Waals surface area (Å²) in [5.41, 5.74) is 2.72. The van der Waals surface area contributed by atoms with E-state index in [1.54, 1.807) is 42.5 Å². The third kappa shape index (κ3) is 3.75. The standard InChI is InChI=1S/C22H17ClFN3O/c23-17-8-5-7-15(12-17)22(28)25-13-21-26-19-10-3-4-11-20(19)27(21)14-16-6-1-2-9-18(16)24/h1-12H,13-14H2,(H,25,28). The Morgan fingerprint density at radius 2 is 1.82 bits per heavy atom. The molecule has 0 fully saturated rings. The summed E-state index contributed by atoms with van der Waals surface area (Å²) in [4.78, 5) is 17.1. The Morgan fingerprint density at radius 1 is 1.04 bits per heavy atom. The molecule has 0 atom stereocenters. The van der Waals surface area contributed by atoms with E-state index in [9.17, 15) is 9.18 Å². The van der Waals surface area contributed by atoms with E-state index in [0.717, 1.165) is 11.0 Å². The van der Waals surface area contributed by atoms with Crippen LogP contribution in [0.1, 0.15) is 21.7 Å². The van der Waals surface area contributed by atoms with Crippen molar-refractivity contribution in [2.24, 2.45) is 0 Å². The number of hydrogen-bond donors (Lipinski definition) is 1. The molecule has 3 aromatic carbocycles. The minimum absolute atomic E-state index is 0.217. The van der Waals surface area contributed by atoms with Crippen LogP contribution in [0.4, 0.5) is 4.39 Å². The van der Waals surface area contributed by atoms with Gasteiger partial charge in [-0.15, -0.1) is 0 Å². The van der Waals surface area contributed by atoms with Gasteiger partial charge in [0.1, 0.15) is 11.6 Å². The monoisotopic (exact) mass is 393 g/mol. The van der Waals surface area contributed by atoms with Crippen LogP contribution in [0, 0.1) is 5.82 Å². The van der Waals surface area contributed by atoms with Gasteiger partial charge in [-0.25, -0.2) is 9.37 Å². The molecule has 1 aromatic heterocycles. The van der Waals surface area contributed by atoms with Crippen LogP contribution >= 0.6 is 11.6 Å². The molecule has 1 amide bonds. The van der Waals surface area contributed by atoms with E-state index in [-0.39, 0.29) is 18.3 Å². The Balaban J connectivity index is 1.63. The summed E-state index contributed by atoms with van der Waals surface area (Å²) in [6, 6.07) is 21.1. The number of amides is 1. The molecule has 0 unspecified atom stereocenters. The predicted molar refractivity (Wildman–Crippen MR) is 108 cm³/mol. The molecule has 4 rings (SSSR count). The third-order valence-electron chi connectivity index (χ3n) is 4.51. The van der Waals surface area contributed by atoms with Crippen molar-refractivity contribution in [3.05, 3.63) is 101 Å². The number of halogens is 2.